The molecule has 5 heteroatoms. The minimum Gasteiger partial charge on any atom is -0.354 e. The number of hydrogen-bond acceptors (Lipinski definition) is 3. The first-order chi connectivity index (χ1) is 12.5. The molecule has 0 spiro atoms. The minimum atomic E-state index is -0.155. The topological polar surface area (TPSA) is 52.7 Å². The highest BCUT2D eigenvalue weighted by Crippen LogP contribution is 2.29. The first-order valence-corrected chi connectivity index (χ1v) is 10.8. The fourth-order valence-corrected chi connectivity index (χ4v) is 4.97. The molecule has 148 valence electrons. The van der Waals surface area contributed by atoms with Crippen LogP contribution in [0, 0.1) is 17.8 Å². The quantitative estimate of drug-likeness (QED) is 0.789. The van der Waals surface area contributed by atoms with Crippen molar-refractivity contribution in [2.45, 2.75) is 77.8 Å². The van der Waals surface area contributed by atoms with Crippen LogP contribution >= 0.6 is 0 Å². The highest BCUT2D eigenvalue weighted by molar-refractivity contribution is 5.89. The second-order valence-electron chi connectivity index (χ2n) is 9.16. The average molecular weight is 364 g/mol. The van der Waals surface area contributed by atoms with Gasteiger partial charge in [0.05, 0.1) is 5.92 Å². The lowest BCUT2D eigenvalue weighted by atomic mass is 9.94. The van der Waals surface area contributed by atoms with Crippen LogP contribution in [0.4, 0.5) is 0 Å². The predicted octanol–water partition coefficient (Wildman–Crippen LogP) is 2.65. The first kappa shape index (κ1) is 19.7. The van der Waals surface area contributed by atoms with Crippen LogP contribution in [0.25, 0.3) is 0 Å². The number of carbonyl (C=O) groups excluding carboxylic acids is 2. The molecule has 0 aromatic heterocycles. The molecule has 2 aliphatic heterocycles. The summed E-state index contributed by atoms with van der Waals surface area (Å²) in [4.78, 5) is 29.6. The molecule has 0 radical (unpaired) electrons. The van der Waals surface area contributed by atoms with Crippen LogP contribution in [0.5, 0.6) is 0 Å². The third kappa shape index (κ3) is 4.59. The highest BCUT2D eigenvalue weighted by atomic mass is 16.2. The highest BCUT2D eigenvalue weighted by Gasteiger charge is 2.39. The van der Waals surface area contributed by atoms with Crippen molar-refractivity contribution in [1.29, 1.82) is 0 Å². The molecular formula is C21H37N3O2. The van der Waals surface area contributed by atoms with E-state index in [1.54, 1.807) is 0 Å². The van der Waals surface area contributed by atoms with Gasteiger partial charge in [-0.05, 0) is 50.6 Å². The van der Waals surface area contributed by atoms with E-state index in [9.17, 15) is 9.59 Å². The van der Waals surface area contributed by atoms with E-state index < -0.39 is 0 Å². The number of hydrogen-bond donors (Lipinski definition) is 1. The van der Waals surface area contributed by atoms with Gasteiger partial charge in [-0.2, -0.15) is 0 Å². The molecule has 2 unspecified atom stereocenters. The summed E-state index contributed by atoms with van der Waals surface area (Å²) in [5, 5.41) is 3.19. The zero-order valence-electron chi connectivity index (χ0n) is 16.9. The fourth-order valence-electron chi connectivity index (χ4n) is 4.97. The van der Waals surface area contributed by atoms with Crippen LogP contribution in [0.15, 0.2) is 0 Å². The standard InChI is InChI=1S/C21H37N3O2/c1-15(2)19(23-10-8-16(3)9-11-23)13-22-21(26)17-12-20(25)24(14-17)18-6-4-5-7-18/h15-19H,4-14H2,1-3H3,(H,22,26). The molecule has 0 bridgehead atoms. The Bertz CT molecular complexity index is 493. The van der Waals surface area contributed by atoms with Crippen LogP contribution in [0.3, 0.4) is 0 Å². The molecule has 5 nitrogen and oxygen atoms in total. The van der Waals surface area contributed by atoms with Crippen molar-refractivity contribution in [3.05, 3.63) is 0 Å². The van der Waals surface area contributed by atoms with Crippen molar-refractivity contribution < 1.29 is 9.59 Å². The fraction of sp³-hybridized carbons (Fsp3) is 0.905. The molecule has 2 amide bonds. The summed E-state index contributed by atoms with van der Waals surface area (Å²) in [5.74, 6) is 1.44. The number of nitrogens with one attached hydrogen (secondary N) is 1. The van der Waals surface area contributed by atoms with Crippen molar-refractivity contribution in [2.75, 3.05) is 26.2 Å². The Morgan fingerprint density at radius 2 is 1.81 bits per heavy atom. The van der Waals surface area contributed by atoms with Gasteiger partial charge in [-0.15, -0.1) is 0 Å². The van der Waals surface area contributed by atoms with E-state index in [1.807, 2.05) is 4.90 Å². The van der Waals surface area contributed by atoms with Gasteiger partial charge in [0.25, 0.3) is 0 Å². The van der Waals surface area contributed by atoms with E-state index in [0.717, 1.165) is 31.8 Å². The molecule has 3 fully saturated rings. The Hall–Kier alpha value is -1.10. The number of amides is 2. The lowest BCUT2D eigenvalue weighted by Crippen LogP contribution is -2.50. The van der Waals surface area contributed by atoms with Crippen molar-refractivity contribution in [2.24, 2.45) is 17.8 Å². The Morgan fingerprint density at radius 1 is 1.15 bits per heavy atom. The van der Waals surface area contributed by atoms with Crippen LogP contribution in [-0.2, 0) is 9.59 Å². The molecule has 2 saturated heterocycles. The molecule has 2 heterocycles. The van der Waals surface area contributed by atoms with Crippen LogP contribution in [-0.4, -0.2) is 59.9 Å². The second kappa shape index (κ2) is 8.73. The maximum atomic E-state index is 12.7. The zero-order valence-corrected chi connectivity index (χ0v) is 16.9. The molecular weight excluding hydrogens is 326 g/mol. The van der Waals surface area contributed by atoms with Gasteiger partial charge in [-0.3, -0.25) is 14.5 Å². The van der Waals surface area contributed by atoms with E-state index in [-0.39, 0.29) is 17.7 Å². The summed E-state index contributed by atoms with van der Waals surface area (Å²) in [7, 11) is 0. The minimum absolute atomic E-state index is 0.0786. The van der Waals surface area contributed by atoms with Gasteiger partial charge in [0.15, 0.2) is 0 Å². The summed E-state index contributed by atoms with van der Waals surface area (Å²) in [5.41, 5.74) is 0. The van der Waals surface area contributed by atoms with Crippen LogP contribution in [0.1, 0.15) is 65.7 Å². The molecule has 1 N–H and O–H groups in total. The van der Waals surface area contributed by atoms with Gasteiger partial charge in [-0.25, -0.2) is 0 Å². The number of likely N-dealkylation sites (tertiary alicyclic amines) is 2. The van der Waals surface area contributed by atoms with E-state index >= 15 is 0 Å². The maximum Gasteiger partial charge on any atom is 0.225 e. The maximum absolute atomic E-state index is 12.7. The van der Waals surface area contributed by atoms with Crippen molar-refractivity contribution >= 4 is 11.8 Å². The van der Waals surface area contributed by atoms with Crippen LogP contribution in [0.2, 0.25) is 0 Å². The van der Waals surface area contributed by atoms with Crippen LogP contribution < -0.4 is 5.32 Å². The van der Waals surface area contributed by atoms with Crippen molar-refractivity contribution in [3.8, 4) is 0 Å². The van der Waals surface area contributed by atoms with Crippen molar-refractivity contribution in [3.63, 3.8) is 0 Å². The Morgan fingerprint density at radius 3 is 2.42 bits per heavy atom. The molecule has 1 saturated carbocycles. The Kier molecular flexibility index (Phi) is 6.60. The molecule has 2 atom stereocenters. The summed E-state index contributed by atoms with van der Waals surface area (Å²) in [6.45, 7) is 10.4. The van der Waals surface area contributed by atoms with Gasteiger partial charge < -0.3 is 10.2 Å². The van der Waals surface area contributed by atoms with Gasteiger partial charge in [0, 0.05) is 31.6 Å². The van der Waals surface area contributed by atoms with Gasteiger partial charge >= 0.3 is 0 Å². The lowest BCUT2D eigenvalue weighted by Gasteiger charge is -2.39. The predicted molar refractivity (Wildman–Crippen MR) is 104 cm³/mol. The molecule has 3 aliphatic rings. The van der Waals surface area contributed by atoms with Gasteiger partial charge in [0.2, 0.25) is 11.8 Å². The number of nitrogens with zero attached hydrogens (tertiary/aromatic N) is 2. The largest absolute Gasteiger partial charge is 0.354 e. The summed E-state index contributed by atoms with van der Waals surface area (Å²) >= 11 is 0. The van der Waals surface area contributed by atoms with Crippen molar-refractivity contribution in [1.82, 2.24) is 15.1 Å². The Balaban J connectivity index is 1.49. The molecule has 0 aromatic carbocycles. The van der Waals surface area contributed by atoms with E-state index in [1.165, 1.54) is 25.7 Å². The summed E-state index contributed by atoms with van der Waals surface area (Å²) < 4.78 is 0. The van der Waals surface area contributed by atoms with Gasteiger partial charge in [-0.1, -0.05) is 33.6 Å². The van der Waals surface area contributed by atoms with E-state index in [4.69, 9.17) is 0 Å². The normalized spacial score (nSPS) is 27.5. The number of rotatable bonds is 6. The average Bonchev–Trinajstić information content (AvgIpc) is 3.25. The zero-order chi connectivity index (χ0) is 18.7. The van der Waals surface area contributed by atoms with E-state index in [2.05, 4.69) is 31.0 Å². The molecule has 3 rings (SSSR count). The number of piperidine rings is 1. The molecule has 26 heavy (non-hydrogen) atoms. The summed E-state index contributed by atoms with van der Waals surface area (Å²) in [6, 6.07) is 0.786. The van der Waals surface area contributed by atoms with Gasteiger partial charge in [0.1, 0.15) is 0 Å². The third-order valence-electron chi connectivity index (χ3n) is 6.84. The smallest absolute Gasteiger partial charge is 0.225 e. The SMILES string of the molecule is CC1CCN(C(CNC(=O)C2CC(=O)N(C3CCCC3)C2)C(C)C)CC1. The molecule has 0 aromatic rings. The second-order valence-corrected chi connectivity index (χ2v) is 9.16. The lowest BCUT2D eigenvalue weighted by molar-refractivity contribution is -0.130. The Labute approximate surface area is 158 Å². The third-order valence-corrected chi connectivity index (χ3v) is 6.84. The van der Waals surface area contributed by atoms with E-state index in [0.29, 0.717) is 37.5 Å². The summed E-state index contributed by atoms with van der Waals surface area (Å²) in [6.07, 6.45) is 7.57. The molecule has 1 aliphatic carbocycles. The first-order valence-electron chi connectivity index (χ1n) is 10.8. The number of carbonyl (C=O) groups is 2. The monoisotopic (exact) mass is 363 g/mol.